The van der Waals surface area contributed by atoms with E-state index >= 15 is 0 Å². The van der Waals surface area contributed by atoms with Crippen molar-refractivity contribution in [3.05, 3.63) is 47.1 Å². The van der Waals surface area contributed by atoms with Crippen molar-refractivity contribution in [3.8, 4) is 22.6 Å². The minimum absolute atomic E-state index is 0.142. The molecule has 0 saturated carbocycles. The maximum atomic E-state index is 12.7. The second-order valence-electron chi connectivity index (χ2n) is 5.44. The number of alkyl halides is 3. The Kier molecular flexibility index (Phi) is 5.31. The predicted molar refractivity (Wildman–Crippen MR) is 106 cm³/mol. The number of carbonyl (C=O) groups excluding carboxylic acids is 1. The van der Waals surface area contributed by atoms with Crippen molar-refractivity contribution in [1.29, 1.82) is 0 Å². The van der Waals surface area contributed by atoms with Gasteiger partial charge in [0.1, 0.15) is 11.5 Å². The van der Waals surface area contributed by atoms with E-state index in [1.165, 1.54) is 14.2 Å². The molecule has 0 amide bonds. The monoisotopic (exact) mass is 431 g/mol. The standard InChI is InChI=1S/C18H13Cl4NO3/c1-25-12-7-13(26-2)15(17(24)18(20,21)22)16-14(12)11(8-23-16)9-3-5-10(19)6-4-9/h3-8,23H,1-2H3. The molecule has 0 atom stereocenters. The van der Waals surface area contributed by atoms with Crippen molar-refractivity contribution in [2.75, 3.05) is 14.2 Å². The molecule has 4 nitrogen and oxygen atoms in total. The van der Waals surface area contributed by atoms with E-state index in [-0.39, 0.29) is 11.3 Å². The van der Waals surface area contributed by atoms with Crippen LogP contribution in [0.25, 0.3) is 22.0 Å². The van der Waals surface area contributed by atoms with Crippen LogP contribution in [0, 0.1) is 0 Å². The van der Waals surface area contributed by atoms with Crippen LogP contribution in [0.4, 0.5) is 0 Å². The summed E-state index contributed by atoms with van der Waals surface area (Å²) in [7, 11) is 2.96. The number of nitrogens with one attached hydrogen (secondary N) is 1. The molecule has 0 aliphatic rings. The van der Waals surface area contributed by atoms with Gasteiger partial charge < -0.3 is 14.5 Å². The summed E-state index contributed by atoms with van der Waals surface area (Å²) in [5, 5.41) is 1.29. The molecule has 0 fully saturated rings. The average Bonchev–Trinajstić information content (AvgIpc) is 3.04. The van der Waals surface area contributed by atoms with E-state index in [9.17, 15) is 4.79 Å². The fourth-order valence-electron chi connectivity index (χ4n) is 2.81. The molecule has 26 heavy (non-hydrogen) atoms. The zero-order valence-electron chi connectivity index (χ0n) is 13.7. The van der Waals surface area contributed by atoms with Gasteiger partial charge >= 0.3 is 0 Å². The number of benzene rings is 2. The number of H-pyrrole nitrogens is 1. The molecule has 0 saturated heterocycles. The van der Waals surface area contributed by atoms with Gasteiger partial charge in [0.2, 0.25) is 5.78 Å². The molecule has 136 valence electrons. The first-order chi connectivity index (χ1) is 12.3. The Hall–Kier alpha value is -1.59. The average molecular weight is 433 g/mol. The van der Waals surface area contributed by atoms with E-state index in [4.69, 9.17) is 55.9 Å². The highest BCUT2D eigenvalue weighted by Gasteiger charge is 2.36. The van der Waals surface area contributed by atoms with Crippen molar-refractivity contribution < 1.29 is 14.3 Å². The van der Waals surface area contributed by atoms with Crippen LogP contribution in [-0.2, 0) is 0 Å². The van der Waals surface area contributed by atoms with Crippen LogP contribution in [0.1, 0.15) is 10.4 Å². The molecule has 0 spiro atoms. The fraction of sp³-hybridized carbons (Fsp3) is 0.167. The minimum atomic E-state index is -2.12. The summed E-state index contributed by atoms with van der Waals surface area (Å²) < 4.78 is 8.70. The van der Waals surface area contributed by atoms with Crippen molar-refractivity contribution in [1.82, 2.24) is 4.98 Å². The van der Waals surface area contributed by atoms with Crippen LogP contribution in [0.3, 0.4) is 0 Å². The third kappa shape index (κ3) is 3.35. The van der Waals surface area contributed by atoms with Gasteiger partial charge in [-0.3, -0.25) is 4.79 Å². The summed E-state index contributed by atoms with van der Waals surface area (Å²) in [4.78, 5) is 15.8. The molecule has 1 N–H and O–H groups in total. The van der Waals surface area contributed by atoms with E-state index < -0.39 is 9.58 Å². The van der Waals surface area contributed by atoms with E-state index in [1.807, 2.05) is 12.1 Å². The Morgan fingerprint density at radius 3 is 2.19 bits per heavy atom. The molecule has 0 radical (unpaired) electrons. The molecule has 0 unspecified atom stereocenters. The van der Waals surface area contributed by atoms with Crippen LogP contribution in [0.2, 0.25) is 5.02 Å². The van der Waals surface area contributed by atoms with Crippen molar-refractivity contribution in [2.24, 2.45) is 0 Å². The van der Waals surface area contributed by atoms with Crippen LogP contribution >= 0.6 is 46.4 Å². The summed E-state index contributed by atoms with van der Waals surface area (Å²) in [6, 6.07) is 8.88. The summed E-state index contributed by atoms with van der Waals surface area (Å²) in [6.45, 7) is 0. The molecule has 0 aliphatic heterocycles. The largest absolute Gasteiger partial charge is 0.496 e. The minimum Gasteiger partial charge on any atom is -0.496 e. The lowest BCUT2D eigenvalue weighted by molar-refractivity contribution is 0.0995. The topological polar surface area (TPSA) is 51.3 Å². The van der Waals surface area contributed by atoms with Gasteiger partial charge in [-0.05, 0) is 17.7 Å². The van der Waals surface area contributed by atoms with Crippen molar-refractivity contribution >= 4 is 63.1 Å². The van der Waals surface area contributed by atoms with E-state index in [0.29, 0.717) is 21.7 Å². The zero-order valence-corrected chi connectivity index (χ0v) is 16.7. The Balaban J connectivity index is 2.36. The number of hydrogen-bond donors (Lipinski definition) is 1. The van der Waals surface area contributed by atoms with Crippen LogP contribution in [0.5, 0.6) is 11.5 Å². The SMILES string of the molecule is COc1cc(OC)c2c(-c3ccc(Cl)cc3)c[nH]c2c1C(=O)C(Cl)(Cl)Cl. The van der Waals surface area contributed by atoms with E-state index in [1.54, 1.807) is 24.4 Å². The lowest BCUT2D eigenvalue weighted by atomic mass is 10.00. The number of aromatic amines is 1. The first kappa shape index (κ1) is 19.2. The third-order valence-electron chi connectivity index (χ3n) is 3.96. The molecule has 1 heterocycles. The van der Waals surface area contributed by atoms with Gasteiger partial charge in [0, 0.05) is 22.8 Å². The molecule has 1 aromatic heterocycles. The Labute approximate surface area is 169 Å². The number of aromatic nitrogens is 1. The van der Waals surface area contributed by atoms with Gasteiger partial charge in [-0.15, -0.1) is 0 Å². The molecule has 0 aliphatic carbocycles. The van der Waals surface area contributed by atoms with E-state index in [0.717, 1.165) is 11.1 Å². The Bertz CT molecular complexity index is 975. The second-order valence-corrected chi connectivity index (χ2v) is 8.16. The first-order valence-electron chi connectivity index (χ1n) is 7.41. The summed E-state index contributed by atoms with van der Waals surface area (Å²) in [5.74, 6) is 0.0654. The van der Waals surface area contributed by atoms with Crippen LogP contribution < -0.4 is 9.47 Å². The molecule has 3 rings (SSSR count). The number of hydrogen-bond acceptors (Lipinski definition) is 3. The molecular weight excluding hydrogens is 420 g/mol. The number of carbonyl (C=O) groups is 1. The quantitative estimate of drug-likeness (QED) is 0.402. The highest BCUT2D eigenvalue weighted by Crippen LogP contribution is 2.44. The Morgan fingerprint density at radius 1 is 1.04 bits per heavy atom. The van der Waals surface area contributed by atoms with Gasteiger partial charge in [-0.1, -0.05) is 58.5 Å². The zero-order chi connectivity index (χ0) is 19.1. The van der Waals surface area contributed by atoms with Gasteiger partial charge in [-0.25, -0.2) is 0 Å². The molecular formula is C18H13Cl4NO3. The molecule has 3 aromatic rings. The number of ketones is 1. The van der Waals surface area contributed by atoms with Crippen LogP contribution in [-0.4, -0.2) is 28.8 Å². The maximum absolute atomic E-state index is 12.7. The number of fused-ring (bicyclic) bond motifs is 1. The highest BCUT2D eigenvalue weighted by molar-refractivity contribution is 6.77. The number of ether oxygens (including phenoxy) is 2. The normalized spacial score (nSPS) is 11.6. The molecule has 2 aromatic carbocycles. The number of rotatable bonds is 4. The number of Topliss-reactive ketones (excluding diaryl/α,β-unsaturated/α-hetero) is 1. The van der Waals surface area contributed by atoms with Gasteiger partial charge in [0.15, 0.2) is 0 Å². The second kappa shape index (κ2) is 7.20. The van der Waals surface area contributed by atoms with Gasteiger partial charge in [-0.2, -0.15) is 0 Å². The lowest BCUT2D eigenvalue weighted by Gasteiger charge is -2.16. The van der Waals surface area contributed by atoms with Crippen molar-refractivity contribution in [3.63, 3.8) is 0 Å². The summed E-state index contributed by atoms with van der Waals surface area (Å²) in [6.07, 6.45) is 1.75. The number of halogens is 4. The maximum Gasteiger partial charge on any atom is 0.253 e. The van der Waals surface area contributed by atoms with Crippen LogP contribution in [0.15, 0.2) is 36.5 Å². The molecule has 0 bridgehead atoms. The summed E-state index contributed by atoms with van der Waals surface area (Å²) >= 11 is 23.5. The highest BCUT2D eigenvalue weighted by atomic mass is 35.6. The summed E-state index contributed by atoms with van der Waals surface area (Å²) in [5.41, 5.74) is 2.30. The smallest absolute Gasteiger partial charge is 0.253 e. The third-order valence-corrected chi connectivity index (χ3v) is 4.73. The fourth-order valence-corrected chi connectivity index (χ4v) is 3.22. The van der Waals surface area contributed by atoms with Crippen molar-refractivity contribution in [2.45, 2.75) is 3.79 Å². The molecule has 8 heteroatoms. The van der Waals surface area contributed by atoms with Gasteiger partial charge in [0.25, 0.3) is 3.79 Å². The van der Waals surface area contributed by atoms with E-state index in [2.05, 4.69) is 4.98 Å². The number of methoxy groups -OCH3 is 2. The van der Waals surface area contributed by atoms with Gasteiger partial charge in [0.05, 0.1) is 30.7 Å². The lowest BCUT2D eigenvalue weighted by Crippen LogP contribution is -2.20. The predicted octanol–water partition coefficient (Wildman–Crippen LogP) is 6.06. The first-order valence-corrected chi connectivity index (χ1v) is 8.92. The Morgan fingerprint density at radius 2 is 1.65 bits per heavy atom.